The Morgan fingerprint density at radius 2 is 0.939 bits per heavy atom. The van der Waals surface area contributed by atoms with Gasteiger partial charge in [0.25, 0.3) is 0 Å². The molecule has 8 heteroatoms. The number of aliphatic hydroxyl groups excluding tert-OH is 2. The Bertz CT molecular complexity index is 838. The van der Waals surface area contributed by atoms with Crippen molar-refractivity contribution >= 4 is 63.7 Å². The molecule has 2 unspecified atom stereocenters. The van der Waals surface area contributed by atoms with Crippen LogP contribution in [0, 0.1) is 11.8 Å². The third kappa shape index (κ3) is 6.98. The van der Waals surface area contributed by atoms with Gasteiger partial charge in [0, 0.05) is 5.41 Å². The number of ether oxygens (including phenoxy) is 2. The van der Waals surface area contributed by atoms with Gasteiger partial charge >= 0.3 is 0 Å². The standard InChI is InChI=1S/C25H32Br4O4/c1-13(2)21(11-30)32-23-17(26)7-15(8-18(23)27)25(5,6)16-9-19(28)24(20(29)10-16)33-22(12-31)14(3)4/h7-10,13-14,21-22,30-31H,11-12H2,1-6H3. The SMILES string of the molecule is CC(C)C(CO)Oc1c(Br)cc(C(C)(C)c2cc(Br)c(OC(CO)C(C)C)c(Br)c2)cc1Br. The molecular weight excluding hydrogens is 684 g/mol. The van der Waals surface area contributed by atoms with Crippen LogP contribution in [0.25, 0.3) is 0 Å². The van der Waals surface area contributed by atoms with Gasteiger partial charge in [0.15, 0.2) is 0 Å². The zero-order valence-electron chi connectivity index (χ0n) is 19.8. The van der Waals surface area contributed by atoms with E-state index < -0.39 is 0 Å². The maximum Gasteiger partial charge on any atom is 0.148 e. The minimum absolute atomic E-state index is 0.0474. The van der Waals surface area contributed by atoms with E-state index in [1.165, 1.54) is 0 Å². The molecule has 2 aromatic carbocycles. The summed E-state index contributed by atoms with van der Waals surface area (Å²) in [5.74, 6) is 1.72. The van der Waals surface area contributed by atoms with Crippen molar-refractivity contribution in [2.24, 2.45) is 11.8 Å². The molecule has 2 aromatic rings. The van der Waals surface area contributed by atoms with Crippen molar-refractivity contribution < 1.29 is 19.7 Å². The van der Waals surface area contributed by atoms with Crippen LogP contribution in [0.3, 0.4) is 0 Å². The highest BCUT2D eigenvalue weighted by Crippen LogP contribution is 2.44. The average Bonchev–Trinajstić information content (AvgIpc) is 2.72. The first-order valence-corrected chi connectivity index (χ1v) is 14.0. The number of hydrogen-bond donors (Lipinski definition) is 2. The molecule has 33 heavy (non-hydrogen) atoms. The molecule has 4 nitrogen and oxygen atoms in total. The summed E-state index contributed by atoms with van der Waals surface area (Å²) in [6, 6.07) is 8.23. The zero-order chi connectivity index (χ0) is 25.1. The highest BCUT2D eigenvalue weighted by Gasteiger charge is 2.28. The normalized spacial score (nSPS) is 14.0. The molecule has 2 rings (SSSR count). The second kappa shape index (κ2) is 12.2. The Morgan fingerprint density at radius 1 is 0.667 bits per heavy atom. The molecule has 0 aliphatic rings. The summed E-state index contributed by atoms with van der Waals surface area (Å²) in [5.41, 5.74) is 1.83. The number of benzene rings is 2. The molecule has 0 amide bonds. The Hall–Kier alpha value is -0.120. The fraction of sp³-hybridized carbons (Fsp3) is 0.520. The summed E-state index contributed by atoms with van der Waals surface area (Å²) in [5, 5.41) is 19.3. The molecule has 2 atom stereocenters. The molecule has 0 aliphatic carbocycles. The van der Waals surface area contributed by atoms with Gasteiger partial charge in [-0.1, -0.05) is 41.5 Å². The predicted octanol–water partition coefficient (Wildman–Crippen LogP) is 7.85. The van der Waals surface area contributed by atoms with E-state index in [0.717, 1.165) is 29.0 Å². The lowest BCUT2D eigenvalue weighted by Gasteiger charge is -2.30. The number of halogens is 4. The van der Waals surface area contributed by atoms with Crippen molar-refractivity contribution in [2.45, 2.75) is 59.2 Å². The molecule has 0 spiro atoms. The summed E-state index contributed by atoms with van der Waals surface area (Å²) < 4.78 is 15.4. The fourth-order valence-electron chi connectivity index (χ4n) is 3.30. The van der Waals surface area contributed by atoms with E-state index in [-0.39, 0.29) is 42.7 Å². The number of rotatable bonds is 10. The molecule has 0 bridgehead atoms. The van der Waals surface area contributed by atoms with E-state index in [9.17, 15) is 10.2 Å². The molecule has 0 heterocycles. The van der Waals surface area contributed by atoms with Gasteiger partial charge in [-0.05, 0) is 111 Å². The average molecular weight is 716 g/mol. The predicted molar refractivity (Wildman–Crippen MR) is 148 cm³/mol. The summed E-state index contributed by atoms with van der Waals surface area (Å²) in [7, 11) is 0. The Labute approximate surface area is 231 Å². The van der Waals surface area contributed by atoms with Gasteiger partial charge in [-0.3, -0.25) is 0 Å². The van der Waals surface area contributed by atoms with Crippen LogP contribution in [-0.4, -0.2) is 35.6 Å². The summed E-state index contributed by atoms with van der Waals surface area (Å²) in [6.45, 7) is 12.3. The van der Waals surface area contributed by atoms with E-state index in [1.54, 1.807) is 0 Å². The highest BCUT2D eigenvalue weighted by atomic mass is 79.9. The largest absolute Gasteiger partial charge is 0.485 e. The van der Waals surface area contributed by atoms with E-state index in [0.29, 0.717) is 11.5 Å². The maximum absolute atomic E-state index is 9.66. The molecule has 2 N–H and O–H groups in total. The van der Waals surface area contributed by atoms with Crippen molar-refractivity contribution in [3.63, 3.8) is 0 Å². The molecule has 184 valence electrons. The topological polar surface area (TPSA) is 58.9 Å². The Balaban J connectivity index is 2.43. The first-order valence-electron chi connectivity index (χ1n) is 10.9. The monoisotopic (exact) mass is 712 g/mol. The van der Waals surface area contributed by atoms with Gasteiger partial charge in [0.1, 0.15) is 23.7 Å². The van der Waals surface area contributed by atoms with Crippen molar-refractivity contribution in [1.29, 1.82) is 0 Å². The lowest BCUT2D eigenvalue weighted by molar-refractivity contribution is 0.0787. The van der Waals surface area contributed by atoms with E-state index in [2.05, 4.69) is 102 Å². The minimum Gasteiger partial charge on any atom is -0.485 e. The van der Waals surface area contributed by atoms with Crippen LogP contribution in [-0.2, 0) is 5.41 Å². The number of aliphatic hydroxyl groups is 2. The smallest absolute Gasteiger partial charge is 0.148 e. The molecule has 0 fully saturated rings. The van der Waals surface area contributed by atoms with Gasteiger partial charge in [-0.25, -0.2) is 0 Å². The van der Waals surface area contributed by atoms with Crippen LogP contribution >= 0.6 is 63.7 Å². The summed E-state index contributed by atoms with van der Waals surface area (Å²) in [4.78, 5) is 0. The van der Waals surface area contributed by atoms with E-state index >= 15 is 0 Å². The number of hydrogen-bond acceptors (Lipinski definition) is 4. The van der Waals surface area contributed by atoms with Crippen LogP contribution in [0.5, 0.6) is 11.5 Å². The van der Waals surface area contributed by atoms with Crippen LogP contribution in [0.4, 0.5) is 0 Å². The second-order valence-corrected chi connectivity index (χ2v) is 12.7. The minimum atomic E-state index is -0.337. The zero-order valence-corrected chi connectivity index (χ0v) is 26.1. The van der Waals surface area contributed by atoms with E-state index in [4.69, 9.17) is 9.47 Å². The lowest BCUT2D eigenvalue weighted by atomic mass is 9.78. The lowest BCUT2D eigenvalue weighted by Crippen LogP contribution is -2.28. The molecule has 0 aromatic heterocycles. The van der Waals surface area contributed by atoms with Gasteiger partial charge < -0.3 is 19.7 Å². The van der Waals surface area contributed by atoms with Crippen LogP contribution in [0.15, 0.2) is 42.2 Å². The Morgan fingerprint density at radius 3 is 1.15 bits per heavy atom. The van der Waals surface area contributed by atoms with Gasteiger partial charge in [-0.2, -0.15) is 0 Å². The van der Waals surface area contributed by atoms with Gasteiger partial charge in [0.2, 0.25) is 0 Å². The molecule has 0 saturated heterocycles. The second-order valence-electron chi connectivity index (χ2n) is 9.33. The van der Waals surface area contributed by atoms with Crippen molar-refractivity contribution in [3.8, 4) is 11.5 Å². The van der Waals surface area contributed by atoms with Crippen LogP contribution in [0.1, 0.15) is 52.7 Å². The molecule has 0 radical (unpaired) electrons. The maximum atomic E-state index is 9.66. The first-order chi connectivity index (χ1) is 15.3. The van der Waals surface area contributed by atoms with Crippen molar-refractivity contribution in [3.05, 3.63) is 53.3 Å². The Kier molecular flexibility index (Phi) is 10.8. The van der Waals surface area contributed by atoms with Gasteiger partial charge in [-0.15, -0.1) is 0 Å². The molecule has 0 aliphatic heterocycles. The quantitative estimate of drug-likeness (QED) is 0.263. The van der Waals surface area contributed by atoms with Crippen molar-refractivity contribution in [2.75, 3.05) is 13.2 Å². The molecular formula is C25H32Br4O4. The van der Waals surface area contributed by atoms with Crippen LogP contribution in [0.2, 0.25) is 0 Å². The summed E-state index contributed by atoms with van der Waals surface area (Å²) >= 11 is 14.6. The fourth-order valence-corrected chi connectivity index (χ4v) is 6.05. The van der Waals surface area contributed by atoms with E-state index in [1.807, 2.05) is 27.7 Å². The summed E-state index contributed by atoms with van der Waals surface area (Å²) in [6.07, 6.45) is -0.575. The van der Waals surface area contributed by atoms with Crippen LogP contribution < -0.4 is 9.47 Å². The van der Waals surface area contributed by atoms with Gasteiger partial charge in [0.05, 0.1) is 31.1 Å². The first kappa shape index (κ1) is 29.1. The van der Waals surface area contributed by atoms with Crippen molar-refractivity contribution in [1.82, 2.24) is 0 Å². The third-order valence-electron chi connectivity index (χ3n) is 5.83. The third-order valence-corrected chi connectivity index (χ3v) is 8.18. The highest BCUT2D eigenvalue weighted by molar-refractivity contribution is 9.11. The molecule has 0 saturated carbocycles.